The summed E-state index contributed by atoms with van der Waals surface area (Å²) in [5.41, 5.74) is 1.68. The topological polar surface area (TPSA) is 61.9 Å². The van der Waals surface area contributed by atoms with E-state index in [2.05, 4.69) is 39.4 Å². The standard InChI is InChI=1S/C22H29N3O3S/c1-3-18-15-19(22(27)28-4-2)21(29-18)23-20(26)16-24-11-8-12-25(14-13-24)17-9-6-5-7-10-17/h5-7,9-10,15H,3-4,8,11-14,16H2,1-2H3,(H,23,26). The molecule has 1 aliphatic rings. The van der Waals surface area contributed by atoms with E-state index in [1.54, 1.807) is 6.92 Å². The second-order valence-electron chi connectivity index (χ2n) is 7.03. The fourth-order valence-corrected chi connectivity index (χ4v) is 4.47. The number of anilines is 2. The van der Waals surface area contributed by atoms with Crippen molar-refractivity contribution < 1.29 is 14.3 Å². The molecule has 0 bridgehead atoms. The SMILES string of the molecule is CCOC(=O)c1cc(CC)sc1NC(=O)CN1CCCN(c2ccccc2)CC1. The van der Waals surface area contributed by atoms with Crippen LogP contribution in [0.2, 0.25) is 0 Å². The molecule has 0 spiro atoms. The van der Waals surface area contributed by atoms with Gasteiger partial charge in [0.05, 0.1) is 18.7 Å². The lowest BCUT2D eigenvalue weighted by Crippen LogP contribution is -2.36. The number of hydrogen-bond donors (Lipinski definition) is 1. The third kappa shape index (κ3) is 5.81. The average molecular weight is 416 g/mol. The average Bonchev–Trinajstić information content (AvgIpc) is 2.99. The van der Waals surface area contributed by atoms with Gasteiger partial charge in [0, 0.05) is 36.7 Å². The van der Waals surface area contributed by atoms with Crippen molar-refractivity contribution in [2.75, 3.05) is 49.5 Å². The quantitative estimate of drug-likeness (QED) is 0.700. The zero-order valence-electron chi connectivity index (χ0n) is 17.1. The molecule has 0 unspecified atom stereocenters. The summed E-state index contributed by atoms with van der Waals surface area (Å²) in [6.45, 7) is 8.04. The second-order valence-corrected chi connectivity index (χ2v) is 8.17. The van der Waals surface area contributed by atoms with Gasteiger partial charge in [0.1, 0.15) is 5.00 Å². The van der Waals surface area contributed by atoms with Crippen molar-refractivity contribution >= 4 is 33.9 Å². The van der Waals surface area contributed by atoms with Gasteiger partial charge in [-0.2, -0.15) is 0 Å². The minimum atomic E-state index is -0.382. The molecule has 1 saturated heterocycles. The molecule has 156 valence electrons. The van der Waals surface area contributed by atoms with Crippen molar-refractivity contribution in [1.29, 1.82) is 0 Å². The molecule has 29 heavy (non-hydrogen) atoms. The summed E-state index contributed by atoms with van der Waals surface area (Å²) in [7, 11) is 0. The Labute approximate surface area is 176 Å². The lowest BCUT2D eigenvalue weighted by atomic mass is 10.2. The van der Waals surface area contributed by atoms with Crippen LogP contribution < -0.4 is 10.2 Å². The van der Waals surface area contributed by atoms with Crippen molar-refractivity contribution in [3.63, 3.8) is 0 Å². The van der Waals surface area contributed by atoms with Crippen molar-refractivity contribution in [3.8, 4) is 0 Å². The zero-order valence-corrected chi connectivity index (χ0v) is 18.0. The number of ether oxygens (including phenoxy) is 1. The number of thiophene rings is 1. The Balaban J connectivity index is 1.58. The van der Waals surface area contributed by atoms with Crippen molar-refractivity contribution in [2.24, 2.45) is 0 Å². The van der Waals surface area contributed by atoms with Gasteiger partial charge in [-0.3, -0.25) is 9.69 Å². The predicted octanol–water partition coefficient (Wildman–Crippen LogP) is 3.64. The first-order valence-corrected chi connectivity index (χ1v) is 11.0. The van der Waals surface area contributed by atoms with Crippen molar-refractivity contribution in [3.05, 3.63) is 46.8 Å². The Morgan fingerprint density at radius 1 is 1.10 bits per heavy atom. The largest absolute Gasteiger partial charge is 0.462 e. The Kier molecular flexibility index (Phi) is 7.66. The Morgan fingerprint density at radius 3 is 2.62 bits per heavy atom. The number of nitrogens with one attached hydrogen (secondary N) is 1. The summed E-state index contributed by atoms with van der Waals surface area (Å²) in [6, 6.07) is 12.2. The number of benzene rings is 1. The number of esters is 1. The summed E-state index contributed by atoms with van der Waals surface area (Å²) in [5, 5.41) is 3.53. The molecule has 0 aliphatic carbocycles. The third-order valence-corrected chi connectivity index (χ3v) is 6.15. The summed E-state index contributed by atoms with van der Waals surface area (Å²) in [6.07, 6.45) is 1.82. The van der Waals surface area contributed by atoms with Gasteiger partial charge in [-0.1, -0.05) is 25.1 Å². The van der Waals surface area contributed by atoms with Crippen LogP contribution in [0.3, 0.4) is 0 Å². The number of para-hydroxylation sites is 1. The first-order chi connectivity index (χ1) is 14.1. The van der Waals surface area contributed by atoms with E-state index in [1.807, 2.05) is 19.1 Å². The number of rotatable bonds is 7. The van der Waals surface area contributed by atoms with E-state index in [1.165, 1.54) is 17.0 Å². The molecule has 3 rings (SSSR count). The molecule has 7 heteroatoms. The lowest BCUT2D eigenvalue weighted by Gasteiger charge is -2.23. The smallest absolute Gasteiger partial charge is 0.341 e. The number of carbonyl (C=O) groups is 2. The Hall–Kier alpha value is -2.38. The fraction of sp³-hybridized carbons (Fsp3) is 0.455. The molecule has 1 aliphatic heterocycles. The molecular formula is C22H29N3O3S. The maximum absolute atomic E-state index is 12.7. The number of carbonyl (C=O) groups excluding carboxylic acids is 2. The van der Waals surface area contributed by atoms with Gasteiger partial charge in [-0.25, -0.2) is 4.79 Å². The van der Waals surface area contributed by atoms with Crippen LogP contribution in [0.1, 0.15) is 35.5 Å². The normalized spacial score (nSPS) is 15.0. The van der Waals surface area contributed by atoms with Gasteiger partial charge < -0.3 is 15.0 Å². The summed E-state index contributed by atoms with van der Waals surface area (Å²) in [5.74, 6) is -0.472. The first-order valence-electron chi connectivity index (χ1n) is 10.2. The highest BCUT2D eigenvalue weighted by atomic mass is 32.1. The molecule has 0 atom stereocenters. The van der Waals surface area contributed by atoms with Gasteiger partial charge in [0.25, 0.3) is 0 Å². The molecule has 1 amide bonds. The zero-order chi connectivity index (χ0) is 20.6. The van der Waals surface area contributed by atoms with Crippen molar-refractivity contribution in [1.82, 2.24) is 4.90 Å². The molecule has 6 nitrogen and oxygen atoms in total. The van der Waals surface area contributed by atoms with Crippen LogP contribution in [-0.2, 0) is 16.0 Å². The predicted molar refractivity (Wildman–Crippen MR) is 118 cm³/mol. The van der Waals surface area contributed by atoms with Gasteiger partial charge in [-0.05, 0) is 38.0 Å². The maximum atomic E-state index is 12.7. The van der Waals surface area contributed by atoms with Gasteiger partial charge >= 0.3 is 5.97 Å². The molecule has 2 aromatic rings. The number of amides is 1. The summed E-state index contributed by atoms with van der Waals surface area (Å²) >= 11 is 1.45. The van der Waals surface area contributed by atoms with Crippen LogP contribution in [-0.4, -0.2) is 56.1 Å². The highest BCUT2D eigenvalue weighted by molar-refractivity contribution is 7.16. The molecule has 1 aromatic heterocycles. The van der Waals surface area contributed by atoms with E-state index in [0.29, 0.717) is 23.7 Å². The van der Waals surface area contributed by atoms with Crippen molar-refractivity contribution in [2.45, 2.75) is 26.7 Å². The molecular weight excluding hydrogens is 386 g/mol. The highest BCUT2D eigenvalue weighted by Gasteiger charge is 2.21. The molecule has 1 fully saturated rings. The number of aryl methyl sites for hydroxylation is 1. The molecule has 0 radical (unpaired) electrons. The summed E-state index contributed by atoms with van der Waals surface area (Å²) < 4.78 is 5.13. The second kappa shape index (κ2) is 10.4. The lowest BCUT2D eigenvalue weighted by molar-refractivity contribution is -0.117. The van der Waals surface area contributed by atoms with Gasteiger partial charge in [-0.15, -0.1) is 11.3 Å². The summed E-state index contributed by atoms with van der Waals surface area (Å²) in [4.78, 5) is 30.5. The van der Waals surface area contributed by atoms with Crippen LogP contribution in [0.25, 0.3) is 0 Å². The minimum Gasteiger partial charge on any atom is -0.462 e. The van der Waals surface area contributed by atoms with Crippen LogP contribution in [0.5, 0.6) is 0 Å². The van der Waals surface area contributed by atoms with Gasteiger partial charge in [0.15, 0.2) is 0 Å². The first kappa shape index (κ1) is 21.3. The van der Waals surface area contributed by atoms with Crippen LogP contribution in [0.15, 0.2) is 36.4 Å². The van der Waals surface area contributed by atoms with E-state index in [-0.39, 0.29) is 11.9 Å². The monoisotopic (exact) mass is 415 g/mol. The highest BCUT2D eigenvalue weighted by Crippen LogP contribution is 2.29. The molecule has 1 N–H and O–H groups in total. The molecule has 0 saturated carbocycles. The van der Waals surface area contributed by atoms with Crippen LogP contribution in [0.4, 0.5) is 10.7 Å². The van der Waals surface area contributed by atoms with Crippen LogP contribution in [0, 0.1) is 0 Å². The van der Waals surface area contributed by atoms with Gasteiger partial charge in [0.2, 0.25) is 5.91 Å². The maximum Gasteiger partial charge on any atom is 0.341 e. The number of hydrogen-bond acceptors (Lipinski definition) is 6. The third-order valence-electron chi connectivity index (χ3n) is 4.96. The van der Waals surface area contributed by atoms with E-state index >= 15 is 0 Å². The Morgan fingerprint density at radius 2 is 1.90 bits per heavy atom. The fourth-order valence-electron chi connectivity index (χ4n) is 3.46. The number of nitrogens with zero attached hydrogens (tertiary/aromatic N) is 2. The Bertz CT molecular complexity index is 822. The van der Waals surface area contributed by atoms with E-state index < -0.39 is 0 Å². The molecule has 1 aromatic carbocycles. The van der Waals surface area contributed by atoms with Crippen LogP contribution >= 0.6 is 11.3 Å². The van der Waals surface area contributed by atoms with E-state index in [0.717, 1.165) is 43.9 Å². The molecule has 2 heterocycles. The van der Waals surface area contributed by atoms with E-state index in [9.17, 15) is 9.59 Å². The van der Waals surface area contributed by atoms with E-state index in [4.69, 9.17) is 4.74 Å². The minimum absolute atomic E-state index is 0.0896.